The quantitative estimate of drug-likeness (QED) is 0.865. The van der Waals surface area contributed by atoms with Gasteiger partial charge in [-0.3, -0.25) is 4.79 Å². The summed E-state index contributed by atoms with van der Waals surface area (Å²) in [5.41, 5.74) is 1.26. The molecule has 2 aromatic heterocycles. The molecule has 0 spiro atoms. The lowest BCUT2D eigenvalue weighted by atomic mass is 10.1. The molecule has 0 aromatic carbocycles. The number of pyridine rings is 1. The van der Waals surface area contributed by atoms with Gasteiger partial charge in [0.05, 0.1) is 11.6 Å². The smallest absolute Gasteiger partial charge is 0.253 e. The Labute approximate surface area is 110 Å². The number of rotatable bonds is 3. The summed E-state index contributed by atoms with van der Waals surface area (Å²) in [5, 5.41) is 2.82. The van der Waals surface area contributed by atoms with Crippen LogP contribution in [0.25, 0.3) is 0 Å². The van der Waals surface area contributed by atoms with Gasteiger partial charge in [-0.05, 0) is 39.0 Å². The minimum atomic E-state index is -0.606. The first kappa shape index (κ1) is 13.3. The minimum absolute atomic E-state index is 0.185. The highest BCUT2D eigenvalue weighted by atomic mass is 19.1. The van der Waals surface area contributed by atoms with E-state index >= 15 is 0 Å². The zero-order chi connectivity index (χ0) is 14.0. The number of nitrogens with zero attached hydrogens (tertiary/aromatic N) is 1. The van der Waals surface area contributed by atoms with Crippen molar-refractivity contribution >= 4 is 5.91 Å². The van der Waals surface area contributed by atoms with Gasteiger partial charge in [0.25, 0.3) is 5.91 Å². The number of carbonyl (C=O) groups is 1. The summed E-state index contributed by atoms with van der Waals surface area (Å²) in [6, 6.07) is 4.27. The van der Waals surface area contributed by atoms with Crippen molar-refractivity contribution < 1.29 is 13.6 Å². The SMILES string of the molecule is Cc1cc(C(C)NC(=O)c2ccc(F)nc2)c(C)o1. The number of aryl methyl sites for hydroxylation is 2. The lowest BCUT2D eigenvalue weighted by Gasteiger charge is -2.13. The summed E-state index contributed by atoms with van der Waals surface area (Å²) >= 11 is 0. The largest absolute Gasteiger partial charge is 0.466 e. The Morgan fingerprint density at radius 3 is 2.68 bits per heavy atom. The number of aromatic nitrogens is 1. The van der Waals surface area contributed by atoms with Crippen molar-refractivity contribution in [2.45, 2.75) is 26.8 Å². The maximum absolute atomic E-state index is 12.7. The third-order valence-corrected chi connectivity index (χ3v) is 2.88. The highest BCUT2D eigenvalue weighted by molar-refractivity contribution is 5.94. The summed E-state index contributed by atoms with van der Waals surface area (Å²) in [6.07, 6.45) is 1.21. The van der Waals surface area contributed by atoms with Crippen LogP contribution >= 0.6 is 0 Å². The molecule has 1 amide bonds. The van der Waals surface area contributed by atoms with E-state index in [1.54, 1.807) is 0 Å². The van der Waals surface area contributed by atoms with E-state index in [1.807, 2.05) is 26.8 Å². The lowest BCUT2D eigenvalue weighted by molar-refractivity contribution is 0.0939. The fraction of sp³-hybridized carbons (Fsp3) is 0.286. The predicted molar refractivity (Wildman–Crippen MR) is 68.3 cm³/mol. The second-order valence-electron chi connectivity index (χ2n) is 4.43. The van der Waals surface area contributed by atoms with Crippen molar-refractivity contribution in [1.29, 1.82) is 0 Å². The number of halogens is 1. The second-order valence-corrected chi connectivity index (χ2v) is 4.43. The van der Waals surface area contributed by atoms with E-state index in [1.165, 1.54) is 12.3 Å². The zero-order valence-corrected chi connectivity index (χ0v) is 11.0. The van der Waals surface area contributed by atoms with E-state index in [-0.39, 0.29) is 11.9 Å². The van der Waals surface area contributed by atoms with Gasteiger partial charge in [-0.2, -0.15) is 4.39 Å². The van der Waals surface area contributed by atoms with Crippen molar-refractivity contribution in [3.63, 3.8) is 0 Å². The molecule has 0 fully saturated rings. The number of hydrogen-bond donors (Lipinski definition) is 1. The van der Waals surface area contributed by atoms with Gasteiger partial charge in [-0.1, -0.05) is 0 Å². The van der Waals surface area contributed by atoms with Crippen LogP contribution < -0.4 is 5.32 Å². The molecule has 2 rings (SSSR count). The molecule has 0 aliphatic rings. The Balaban J connectivity index is 2.10. The Kier molecular flexibility index (Phi) is 3.64. The van der Waals surface area contributed by atoms with Crippen LogP contribution in [-0.2, 0) is 0 Å². The fourth-order valence-electron chi connectivity index (χ4n) is 1.95. The van der Waals surface area contributed by atoms with Crippen LogP contribution in [-0.4, -0.2) is 10.9 Å². The maximum Gasteiger partial charge on any atom is 0.253 e. The molecule has 2 aromatic rings. The standard InChI is InChI=1S/C14H15FN2O2/c1-8-6-12(10(3)19-8)9(2)17-14(18)11-4-5-13(15)16-7-11/h4-7,9H,1-3H3,(H,17,18). The van der Waals surface area contributed by atoms with Crippen LogP contribution in [0.15, 0.2) is 28.8 Å². The molecule has 100 valence electrons. The molecule has 0 radical (unpaired) electrons. The maximum atomic E-state index is 12.7. The van der Waals surface area contributed by atoms with Crippen molar-refractivity contribution in [2.24, 2.45) is 0 Å². The monoisotopic (exact) mass is 262 g/mol. The molecule has 5 heteroatoms. The summed E-state index contributed by atoms with van der Waals surface area (Å²) in [6.45, 7) is 5.57. The molecule has 1 N–H and O–H groups in total. The van der Waals surface area contributed by atoms with Gasteiger partial charge in [0, 0.05) is 11.8 Å². The van der Waals surface area contributed by atoms with Crippen LogP contribution in [0.4, 0.5) is 4.39 Å². The molecule has 0 aliphatic heterocycles. The second kappa shape index (κ2) is 5.22. The Bertz CT molecular complexity index is 590. The number of nitrogens with one attached hydrogen (secondary N) is 1. The van der Waals surface area contributed by atoms with E-state index in [2.05, 4.69) is 10.3 Å². The summed E-state index contributed by atoms with van der Waals surface area (Å²) in [4.78, 5) is 15.4. The van der Waals surface area contributed by atoms with Crippen LogP contribution in [0.2, 0.25) is 0 Å². The predicted octanol–water partition coefficient (Wildman–Crippen LogP) is 2.92. The summed E-state index contributed by atoms with van der Waals surface area (Å²) in [7, 11) is 0. The van der Waals surface area contributed by atoms with Crippen LogP contribution in [0.5, 0.6) is 0 Å². The van der Waals surface area contributed by atoms with E-state index in [9.17, 15) is 9.18 Å². The Morgan fingerprint density at radius 2 is 2.16 bits per heavy atom. The van der Waals surface area contributed by atoms with Crippen molar-refractivity contribution in [1.82, 2.24) is 10.3 Å². The molecular formula is C14H15FN2O2. The Hall–Kier alpha value is -2.17. The van der Waals surface area contributed by atoms with Crippen LogP contribution in [0.1, 0.15) is 40.4 Å². The van der Waals surface area contributed by atoms with Gasteiger partial charge >= 0.3 is 0 Å². The van der Waals surface area contributed by atoms with Crippen LogP contribution in [0, 0.1) is 19.8 Å². The molecule has 4 nitrogen and oxygen atoms in total. The number of carbonyl (C=O) groups excluding carboxylic acids is 1. The van der Waals surface area contributed by atoms with E-state index in [4.69, 9.17) is 4.42 Å². The topological polar surface area (TPSA) is 55.1 Å². The number of hydrogen-bond acceptors (Lipinski definition) is 3. The average molecular weight is 262 g/mol. The molecule has 2 heterocycles. The summed E-state index contributed by atoms with van der Waals surface area (Å²) < 4.78 is 18.1. The van der Waals surface area contributed by atoms with E-state index < -0.39 is 5.95 Å². The molecule has 0 saturated heterocycles. The molecular weight excluding hydrogens is 247 g/mol. The first-order valence-electron chi connectivity index (χ1n) is 5.96. The van der Waals surface area contributed by atoms with Gasteiger partial charge < -0.3 is 9.73 Å². The van der Waals surface area contributed by atoms with Crippen molar-refractivity contribution in [2.75, 3.05) is 0 Å². The van der Waals surface area contributed by atoms with Crippen molar-refractivity contribution in [3.8, 4) is 0 Å². The molecule has 19 heavy (non-hydrogen) atoms. The zero-order valence-electron chi connectivity index (χ0n) is 11.0. The Morgan fingerprint density at radius 1 is 1.42 bits per heavy atom. The molecule has 1 atom stereocenters. The number of amides is 1. The normalized spacial score (nSPS) is 12.2. The highest BCUT2D eigenvalue weighted by Gasteiger charge is 2.16. The van der Waals surface area contributed by atoms with Crippen LogP contribution in [0.3, 0.4) is 0 Å². The van der Waals surface area contributed by atoms with E-state index in [0.717, 1.165) is 23.2 Å². The van der Waals surface area contributed by atoms with E-state index in [0.29, 0.717) is 5.56 Å². The highest BCUT2D eigenvalue weighted by Crippen LogP contribution is 2.21. The van der Waals surface area contributed by atoms with Gasteiger partial charge in [0.1, 0.15) is 11.5 Å². The van der Waals surface area contributed by atoms with Gasteiger partial charge in [-0.25, -0.2) is 4.98 Å². The molecule has 1 unspecified atom stereocenters. The molecule has 0 aliphatic carbocycles. The third kappa shape index (κ3) is 2.99. The number of furan rings is 1. The minimum Gasteiger partial charge on any atom is -0.466 e. The average Bonchev–Trinajstić information content (AvgIpc) is 2.69. The van der Waals surface area contributed by atoms with Gasteiger partial charge in [0.2, 0.25) is 5.95 Å². The lowest BCUT2D eigenvalue weighted by Crippen LogP contribution is -2.26. The van der Waals surface area contributed by atoms with Crippen molar-refractivity contribution in [3.05, 3.63) is 53.0 Å². The molecule has 0 saturated carbocycles. The molecule has 0 bridgehead atoms. The fourth-order valence-corrected chi connectivity index (χ4v) is 1.95. The van der Waals surface area contributed by atoms with Gasteiger partial charge in [0.15, 0.2) is 0 Å². The third-order valence-electron chi connectivity index (χ3n) is 2.88. The first-order valence-corrected chi connectivity index (χ1v) is 5.96. The summed E-state index contributed by atoms with van der Waals surface area (Å²) in [5.74, 6) is 0.684. The van der Waals surface area contributed by atoms with Gasteiger partial charge in [-0.15, -0.1) is 0 Å². The first-order chi connectivity index (χ1) is 8.97.